The van der Waals surface area contributed by atoms with Crippen molar-refractivity contribution in [1.82, 2.24) is 0 Å². The van der Waals surface area contributed by atoms with Gasteiger partial charge in [0.25, 0.3) is 0 Å². The van der Waals surface area contributed by atoms with E-state index >= 15 is 0 Å². The van der Waals surface area contributed by atoms with Crippen LogP contribution in [0.25, 0.3) is 0 Å². The molecule has 3 aliphatic carbocycles. The van der Waals surface area contributed by atoms with Crippen LogP contribution in [-0.2, 0) is 4.74 Å². The Balaban J connectivity index is 1.68. The lowest BCUT2D eigenvalue weighted by molar-refractivity contribution is 0.109. The monoisotopic (exact) mass is 192 g/mol. The van der Waals surface area contributed by atoms with Crippen molar-refractivity contribution in [3.63, 3.8) is 0 Å². The Morgan fingerprint density at radius 2 is 2.00 bits per heavy atom. The van der Waals surface area contributed by atoms with Crippen molar-refractivity contribution in [3.05, 3.63) is 12.8 Å². The molecule has 0 heterocycles. The highest BCUT2D eigenvalue weighted by Crippen LogP contribution is 2.60. The van der Waals surface area contributed by atoms with E-state index in [1.54, 1.807) is 6.26 Å². The Morgan fingerprint density at radius 3 is 2.86 bits per heavy atom. The van der Waals surface area contributed by atoms with Crippen LogP contribution in [0.15, 0.2) is 12.8 Å². The Morgan fingerprint density at radius 1 is 1.14 bits per heavy atom. The third kappa shape index (κ3) is 1.14. The summed E-state index contributed by atoms with van der Waals surface area (Å²) in [5.74, 6) is 5.11. The van der Waals surface area contributed by atoms with E-state index in [2.05, 4.69) is 6.58 Å². The van der Waals surface area contributed by atoms with Gasteiger partial charge < -0.3 is 4.74 Å². The molecule has 3 aliphatic rings. The predicted octanol–water partition coefficient (Wildman–Crippen LogP) is 3.22. The van der Waals surface area contributed by atoms with Crippen molar-refractivity contribution >= 4 is 0 Å². The van der Waals surface area contributed by atoms with E-state index in [4.69, 9.17) is 4.74 Å². The van der Waals surface area contributed by atoms with Crippen LogP contribution in [0.3, 0.4) is 0 Å². The molecule has 78 valence electrons. The second kappa shape index (κ2) is 3.29. The normalized spacial score (nSPS) is 49.3. The maximum Gasteiger partial charge on any atom is 0.0903 e. The predicted molar refractivity (Wildman–Crippen MR) is 56.7 cm³/mol. The van der Waals surface area contributed by atoms with Gasteiger partial charge in [-0.2, -0.15) is 0 Å². The lowest BCUT2D eigenvalue weighted by Crippen LogP contribution is -2.26. The van der Waals surface area contributed by atoms with Crippen LogP contribution in [0.1, 0.15) is 32.1 Å². The highest BCUT2D eigenvalue weighted by atomic mass is 16.5. The number of hydrogen-bond donors (Lipinski definition) is 0. The average Bonchev–Trinajstić information content (AvgIpc) is 2.85. The lowest BCUT2D eigenvalue weighted by atomic mass is 9.76. The zero-order valence-corrected chi connectivity index (χ0v) is 8.82. The third-order valence-electron chi connectivity index (χ3n) is 4.99. The summed E-state index contributed by atoms with van der Waals surface area (Å²) < 4.78 is 5.38. The molecule has 0 aromatic heterocycles. The summed E-state index contributed by atoms with van der Waals surface area (Å²) in [6.45, 7) is 4.57. The van der Waals surface area contributed by atoms with E-state index in [0.29, 0.717) is 0 Å². The first-order valence-electron chi connectivity index (χ1n) is 6.12. The van der Waals surface area contributed by atoms with Gasteiger partial charge in [-0.15, -0.1) is 0 Å². The smallest absolute Gasteiger partial charge is 0.0903 e. The highest BCUT2D eigenvalue weighted by Gasteiger charge is 2.53. The second-order valence-electron chi connectivity index (χ2n) is 5.41. The molecule has 1 nitrogen and oxygen atoms in total. The maximum absolute atomic E-state index is 5.38. The first kappa shape index (κ1) is 8.82. The minimum atomic E-state index is 0.859. The van der Waals surface area contributed by atoms with Crippen LogP contribution in [0.5, 0.6) is 0 Å². The summed E-state index contributed by atoms with van der Waals surface area (Å²) in [5.41, 5.74) is 0. The van der Waals surface area contributed by atoms with E-state index < -0.39 is 0 Å². The van der Waals surface area contributed by atoms with Crippen molar-refractivity contribution in [2.75, 3.05) is 6.61 Å². The summed E-state index contributed by atoms with van der Waals surface area (Å²) in [4.78, 5) is 0. The van der Waals surface area contributed by atoms with Gasteiger partial charge in [0.1, 0.15) is 0 Å². The molecule has 0 radical (unpaired) electrons. The van der Waals surface area contributed by atoms with Crippen LogP contribution in [0.2, 0.25) is 0 Å². The van der Waals surface area contributed by atoms with Crippen molar-refractivity contribution < 1.29 is 4.74 Å². The summed E-state index contributed by atoms with van der Waals surface area (Å²) in [7, 11) is 0. The molecule has 3 rings (SSSR count). The number of fused-ring (bicyclic) bond motifs is 5. The van der Waals surface area contributed by atoms with Crippen LogP contribution in [-0.4, -0.2) is 6.61 Å². The van der Waals surface area contributed by atoms with E-state index in [1.807, 2.05) is 0 Å². The largest absolute Gasteiger partial charge is 0.502 e. The summed E-state index contributed by atoms with van der Waals surface area (Å²) in [5, 5.41) is 0. The Bertz CT molecular complexity index is 235. The zero-order chi connectivity index (χ0) is 9.54. The Labute approximate surface area is 86.5 Å². The standard InChI is InChI=1S/C13H20O/c1-2-14-8-10-6-9-7-13(10)12-5-3-4-11(9)12/h2,9-13H,1,3-8H2. The van der Waals surface area contributed by atoms with Gasteiger partial charge in [-0.1, -0.05) is 13.0 Å². The molecule has 1 heteroatoms. The van der Waals surface area contributed by atoms with Crippen molar-refractivity contribution in [1.29, 1.82) is 0 Å². The SMILES string of the molecule is C=COCC1CC2CC1C1CCCC21. The number of rotatable bonds is 3. The summed E-state index contributed by atoms with van der Waals surface area (Å²) in [6.07, 6.45) is 9.10. The highest BCUT2D eigenvalue weighted by molar-refractivity contribution is 5.02. The quantitative estimate of drug-likeness (QED) is 0.624. The number of hydrogen-bond acceptors (Lipinski definition) is 1. The molecule has 0 N–H and O–H groups in total. The molecular weight excluding hydrogens is 172 g/mol. The third-order valence-corrected chi connectivity index (χ3v) is 4.99. The molecule has 3 saturated carbocycles. The fourth-order valence-electron chi connectivity index (χ4n) is 4.59. The van der Waals surface area contributed by atoms with Crippen LogP contribution >= 0.6 is 0 Å². The molecule has 0 aromatic carbocycles. The Hall–Kier alpha value is -0.460. The van der Waals surface area contributed by atoms with Gasteiger partial charge in [0.15, 0.2) is 0 Å². The zero-order valence-electron chi connectivity index (χ0n) is 8.82. The van der Waals surface area contributed by atoms with Crippen molar-refractivity contribution in [2.45, 2.75) is 32.1 Å². The molecular formula is C13H20O. The van der Waals surface area contributed by atoms with Crippen molar-refractivity contribution in [3.8, 4) is 0 Å². The van der Waals surface area contributed by atoms with Gasteiger partial charge in [-0.3, -0.25) is 0 Å². The van der Waals surface area contributed by atoms with Crippen LogP contribution < -0.4 is 0 Å². The Kier molecular flexibility index (Phi) is 2.07. The molecule has 0 spiro atoms. The molecule has 3 fully saturated rings. The van der Waals surface area contributed by atoms with E-state index in [0.717, 1.165) is 36.2 Å². The molecule has 5 atom stereocenters. The topological polar surface area (TPSA) is 9.23 Å². The van der Waals surface area contributed by atoms with Crippen LogP contribution in [0.4, 0.5) is 0 Å². The first-order chi connectivity index (χ1) is 6.90. The molecule has 2 bridgehead atoms. The van der Waals surface area contributed by atoms with Gasteiger partial charge in [-0.05, 0) is 55.3 Å². The average molecular weight is 192 g/mol. The van der Waals surface area contributed by atoms with Gasteiger partial charge in [-0.25, -0.2) is 0 Å². The van der Waals surface area contributed by atoms with E-state index in [9.17, 15) is 0 Å². The molecule has 0 aliphatic heterocycles. The maximum atomic E-state index is 5.38. The van der Waals surface area contributed by atoms with Crippen molar-refractivity contribution in [2.24, 2.45) is 29.6 Å². The van der Waals surface area contributed by atoms with Gasteiger partial charge in [0, 0.05) is 0 Å². The molecule has 14 heavy (non-hydrogen) atoms. The lowest BCUT2D eigenvalue weighted by Gasteiger charge is -2.31. The van der Waals surface area contributed by atoms with Gasteiger partial charge in [0.2, 0.25) is 0 Å². The fraction of sp³-hybridized carbons (Fsp3) is 0.846. The molecule has 0 amide bonds. The first-order valence-corrected chi connectivity index (χ1v) is 6.12. The number of ether oxygens (including phenoxy) is 1. The van der Waals surface area contributed by atoms with E-state index in [-0.39, 0.29) is 0 Å². The molecule has 0 saturated heterocycles. The molecule has 0 aromatic rings. The van der Waals surface area contributed by atoms with Gasteiger partial charge >= 0.3 is 0 Å². The second-order valence-corrected chi connectivity index (χ2v) is 5.41. The minimum absolute atomic E-state index is 0.859. The van der Waals surface area contributed by atoms with E-state index in [1.165, 1.54) is 32.1 Å². The summed E-state index contributed by atoms with van der Waals surface area (Å²) in [6, 6.07) is 0. The molecule has 5 unspecified atom stereocenters. The fourth-order valence-corrected chi connectivity index (χ4v) is 4.59. The van der Waals surface area contributed by atoms with Gasteiger partial charge in [0.05, 0.1) is 12.9 Å². The minimum Gasteiger partial charge on any atom is -0.502 e. The van der Waals surface area contributed by atoms with Crippen LogP contribution in [0, 0.1) is 29.6 Å². The summed E-state index contributed by atoms with van der Waals surface area (Å²) >= 11 is 0.